The number of rotatable bonds is 6. The molecule has 1 aromatic heterocycles. The Morgan fingerprint density at radius 1 is 1.43 bits per heavy atom. The first-order valence-electron chi connectivity index (χ1n) is 6.79. The summed E-state index contributed by atoms with van der Waals surface area (Å²) in [6.07, 6.45) is 0. The van der Waals surface area contributed by atoms with Crippen LogP contribution in [0.25, 0.3) is 0 Å². The summed E-state index contributed by atoms with van der Waals surface area (Å²) in [6.45, 7) is 2.76. The lowest BCUT2D eigenvalue weighted by atomic mass is 10.1. The first-order chi connectivity index (χ1) is 10.0. The third-order valence-electron chi connectivity index (χ3n) is 3.52. The second-order valence-electron chi connectivity index (χ2n) is 5.16. The molecule has 1 atom stereocenters. The lowest BCUT2D eigenvalue weighted by Crippen LogP contribution is -2.26. The Balaban J connectivity index is 2.14. The van der Waals surface area contributed by atoms with Crippen molar-refractivity contribution in [2.75, 3.05) is 38.8 Å². The van der Waals surface area contributed by atoms with Gasteiger partial charge in [0.1, 0.15) is 16.6 Å². The maximum Gasteiger partial charge on any atom is 0.142 e. The molecule has 0 aliphatic carbocycles. The van der Waals surface area contributed by atoms with Gasteiger partial charge in [-0.1, -0.05) is 12.1 Å². The molecular formula is C15H22N4OS. The molecule has 3 N–H and O–H groups in total. The third-order valence-corrected chi connectivity index (χ3v) is 4.44. The van der Waals surface area contributed by atoms with Crippen LogP contribution < -0.4 is 15.8 Å². The first kappa shape index (κ1) is 15.6. The van der Waals surface area contributed by atoms with Gasteiger partial charge in [0.2, 0.25) is 0 Å². The molecule has 0 saturated heterocycles. The number of benzene rings is 1. The van der Waals surface area contributed by atoms with Gasteiger partial charge < -0.3 is 20.7 Å². The Morgan fingerprint density at radius 2 is 2.19 bits per heavy atom. The highest BCUT2D eigenvalue weighted by molar-refractivity contribution is 7.10. The smallest absolute Gasteiger partial charge is 0.142 e. The number of aromatic nitrogens is 1. The van der Waals surface area contributed by atoms with Crippen LogP contribution in [-0.4, -0.2) is 37.0 Å². The van der Waals surface area contributed by atoms with Crippen LogP contribution in [0.1, 0.15) is 17.2 Å². The van der Waals surface area contributed by atoms with Crippen molar-refractivity contribution in [1.82, 2.24) is 9.27 Å². The molecule has 0 aliphatic rings. The van der Waals surface area contributed by atoms with E-state index in [9.17, 15) is 0 Å². The zero-order chi connectivity index (χ0) is 15.4. The van der Waals surface area contributed by atoms with Gasteiger partial charge in [-0.05, 0) is 50.2 Å². The number of hydrogen-bond acceptors (Lipinski definition) is 6. The van der Waals surface area contributed by atoms with Gasteiger partial charge in [-0.15, -0.1) is 0 Å². The normalized spacial score (nSPS) is 12.4. The van der Waals surface area contributed by atoms with Crippen molar-refractivity contribution in [3.8, 4) is 5.75 Å². The van der Waals surface area contributed by atoms with E-state index in [1.807, 2.05) is 19.1 Å². The average Bonchev–Trinajstić information content (AvgIpc) is 2.79. The Kier molecular flexibility index (Phi) is 5.03. The summed E-state index contributed by atoms with van der Waals surface area (Å²) in [5.74, 6) is 1.47. The van der Waals surface area contributed by atoms with E-state index in [1.54, 1.807) is 7.11 Å². The number of nitrogens with zero attached hydrogens (tertiary/aromatic N) is 2. The Morgan fingerprint density at radius 3 is 2.76 bits per heavy atom. The number of nitrogens with two attached hydrogens (primary N) is 1. The summed E-state index contributed by atoms with van der Waals surface area (Å²) in [5, 5.41) is 4.47. The maximum atomic E-state index is 5.79. The molecule has 114 valence electrons. The summed E-state index contributed by atoms with van der Waals surface area (Å²) in [4.78, 5) is 2.18. The van der Waals surface area contributed by atoms with E-state index in [-0.39, 0.29) is 6.04 Å². The highest BCUT2D eigenvalue weighted by atomic mass is 32.1. The molecule has 0 spiro atoms. The number of nitrogen functional groups attached to an aromatic ring is 1. The molecule has 0 bridgehead atoms. The topological polar surface area (TPSA) is 63.4 Å². The van der Waals surface area contributed by atoms with Crippen molar-refractivity contribution in [2.45, 2.75) is 13.0 Å². The molecule has 0 saturated carbocycles. The highest BCUT2D eigenvalue weighted by Gasteiger charge is 2.16. The standard InChI is InChI=1S/C15H22N4OS/c1-10-14(16)18-21-15(10)17-9-13(19(2)3)11-6-5-7-12(8-11)20-4/h5-8,13,17H,9H2,1-4H3,(H2,16,18). The van der Waals surface area contributed by atoms with Crippen LogP contribution in [0.15, 0.2) is 24.3 Å². The predicted molar refractivity (Wildman–Crippen MR) is 89.2 cm³/mol. The van der Waals surface area contributed by atoms with E-state index in [2.05, 4.69) is 40.8 Å². The predicted octanol–water partition coefficient (Wildman–Crippen LogP) is 2.76. The van der Waals surface area contributed by atoms with Crippen LogP contribution in [0, 0.1) is 6.92 Å². The molecule has 1 unspecified atom stereocenters. The Bertz CT molecular complexity index is 597. The number of likely N-dealkylation sites (N-methyl/N-ethyl adjacent to an activating group) is 1. The Labute approximate surface area is 129 Å². The fourth-order valence-electron chi connectivity index (χ4n) is 2.15. The van der Waals surface area contributed by atoms with E-state index in [4.69, 9.17) is 10.5 Å². The van der Waals surface area contributed by atoms with Crippen LogP contribution >= 0.6 is 11.5 Å². The molecule has 21 heavy (non-hydrogen) atoms. The number of ether oxygens (including phenoxy) is 1. The molecular weight excluding hydrogens is 284 g/mol. The van der Waals surface area contributed by atoms with Gasteiger partial charge in [0.15, 0.2) is 0 Å². The van der Waals surface area contributed by atoms with Crippen molar-refractivity contribution in [3.63, 3.8) is 0 Å². The van der Waals surface area contributed by atoms with E-state index >= 15 is 0 Å². The fourth-order valence-corrected chi connectivity index (χ4v) is 2.87. The number of anilines is 2. The van der Waals surface area contributed by atoms with Crippen LogP contribution in [0.2, 0.25) is 0 Å². The molecule has 0 fully saturated rings. The fraction of sp³-hybridized carbons (Fsp3) is 0.400. The molecule has 0 aliphatic heterocycles. The summed E-state index contributed by atoms with van der Waals surface area (Å²) >= 11 is 1.40. The molecule has 6 heteroatoms. The summed E-state index contributed by atoms with van der Waals surface area (Å²) in [7, 11) is 5.82. The second kappa shape index (κ2) is 6.78. The van der Waals surface area contributed by atoms with Crippen LogP contribution in [0.4, 0.5) is 10.8 Å². The van der Waals surface area contributed by atoms with Crippen molar-refractivity contribution < 1.29 is 4.74 Å². The van der Waals surface area contributed by atoms with Crippen LogP contribution in [-0.2, 0) is 0 Å². The van der Waals surface area contributed by atoms with Crippen LogP contribution in [0.5, 0.6) is 5.75 Å². The molecule has 2 rings (SSSR count). The number of methoxy groups -OCH3 is 1. The van der Waals surface area contributed by atoms with E-state index in [0.717, 1.165) is 22.9 Å². The van der Waals surface area contributed by atoms with E-state index in [1.165, 1.54) is 17.1 Å². The molecule has 0 amide bonds. The molecule has 2 aromatic rings. The lowest BCUT2D eigenvalue weighted by Gasteiger charge is -2.25. The van der Waals surface area contributed by atoms with Gasteiger partial charge in [-0.2, -0.15) is 4.37 Å². The Hall–Kier alpha value is -1.79. The highest BCUT2D eigenvalue weighted by Crippen LogP contribution is 2.28. The minimum atomic E-state index is 0.239. The van der Waals surface area contributed by atoms with Crippen molar-refractivity contribution >= 4 is 22.4 Å². The number of hydrogen-bond donors (Lipinski definition) is 2. The van der Waals surface area contributed by atoms with Gasteiger partial charge in [0, 0.05) is 12.1 Å². The zero-order valence-electron chi connectivity index (χ0n) is 12.9. The monoisotopic (exact) mass is 306 g/mol. The van der Waals surface area contributed by atoms with E-state index < -0.39 is 0 Å². The third kappa shape index (κ3) is 3.65. The number of nitrogens with one attached hydrogen (secondary N) is 1. The molecule has 1 heterocycles. The van der Waals surface area contributed by atoms with Gasteiger partial charge in [-0.25, -0.2) is 0 Å². The second-order valence-corrected chi connectivity index (χ2v) is 5.93. The minimum Gasteiger partial charge on any atom is -0.497 e. The van der Waals surface area contributed by atoms with Crippen LogP contribution in [0.3, 0.4) is 0 Å². The van der Waals surface area contributed by atoms with Gasteiger partial charge in [0.05, 0.1) is 13.2 Å². The van der Waals surface area contributed by atoms with Gasteiger partial charge >= 0.3 is 0 Å². The molecule has 0 radical (unpaired) electrons. The molecule has 1 aromatic carbocycles. The lowest BCUT2D eigenvalue weighted by molar-refractivity contribution is 0.310. The average molecular weight is 306 g/mol. The van der Waals surface area contributed by atoms with Gasteiger partial charge in [-0.3, -0.25) is 0 Å². The molecule has 5 nitrogen and oxygen atoms in total. The van der Waals surface area contributed by atoms with E-state index in [0.29, 0.717) is 5.82 Å². The summed E-state index contributed by atoms with van der Waals surface area (Å²) in [6, 6.07) is 8.39. The summed E-state index contributed by atoms with van der Waals surface area (Å²) in [5.41, 5.74) is 8.02. The van der Waals surface area contributed by atoms with Crippen molar-refractivity contribution in [3.05, 3.63) is 35.4 Å². The largest absolute Gasteiger partial charge is 0.497 e. The minimum absolute atomic E-state index is 0.239. The van der Waals surface area contributed by atoms with Crippen molar-refractivity contribution in [2.24, 2.45) is 0 Å². The maximum absolute atomic E-state index is 5.79. The first-order valence-corrected chi connectivity index (χ1v) is 7.56. The van der Waals surface area contributed by atoms with Gasteiger partial charge in [0.25, 0.3) is 0 Å². The summed E-state index contributed by atoms with van der Waals surface area (Å²) < 4.78 is 9.47. The van der Waals surface area contributed by atoms with Crippen molar-refractivity contribution in [1.29, 1.82) is 0 Å². The quantitative estimate of drug-likeness (QED) is 0.859. The zero-order valence-corrected chi connectivity index (χ0v) is 13.7. The SMILES string of the molecule is COc1cccc(C(CNc2snc(N)c2C)N(C)C)c1.